The molecule has 1 aromatic rings. The number of methoxy groups -OCH3 is 1. The number of halogens is 2. The van der Waals surface area contributed by atoms with Gasteiger partial charge in [-0.3, -0.25) is 4.79 Å². The third-order valence-corrected chi connectivity index (χ3v) is 4.24. The zero-order chi connectivity index (χ0) is 18.2. The number of piperidine rings is 1. The highest BCUT2D eigenvalue weighted by atomic mass is 127. The highest BCUT2D eigenvalue weighted by molar-refractivity contribution is 14.0. The molecule has 0 aliphatic carbocycles. The van der Waals surface area contributed by atoms with Crippen LogP contribution in [0.15, 0.2) is 23.2 Å². The Hall–Kier alpha value is -1.89. The SMILES string of the molecule is CCNC(=NCc1cc(C#N)ccc1F)N1CCC(C(=O)OC)CC1.I. The van der Waals surface area contributed by atoms with E-state index in [9.17, 15) is 9.18 Å². The molecule has 142 valence electrons. The van der Waals surface area contributed by atoms with Crippen molar-refractivity contribution >= 4 is 35.9 Å². The van der Waals surface area contributed by atoms with Gasteiger partial charge in [0.2, 0.25) is 0 Å². The summed E-state index contributed by atoms with van der Waals surface area (Å²) in [6.45, 7) is 4.18. The van der Waals surface area contributed by atoms with Gasteiger partial charge in [-0.15, -0.1) is 24.0 Å². The predicted molar refractivity (Wildman–Crippen MR) is 108 cm³/mol. The molecule has 8 heteroatoms. The van der Waals surface area contributed by atoms with E-state index in [1.807, 2.05) is 13.0 Å². The Labute approximate surface area is 170 Å². The Balaban J connectivity index is 0.00000338. The van der Waals surface area contributed by atoms with Crippen LogP contribution in [-0.4, -0.2) is 43.6 Å². The zero-order valence-electron chi connectivity index (χ0n) is 15.0. The summed E-state index contributed by atoms with van der Waals surface area (Å²) < 4.78 is 18.7. The van der Waals surface area contributed by atoms with Gasteiger partial charge < -0.3 is 15.0 Å². The van der Waals surface area contributed by atoms with E-state index in [0.29, 0.717) is 49.6 Å². The normalized spacial score (nSPS) is 15.0. The van der Waals surface area contributed by atoms with E-state index in [1.165, 1.54) is 25.3 Å². The van der Waals surface area contributed by atoms with Crippen molar-refractivity contribution in [3.63, 3.8) is 0 Å². The predicted octanol–water partition coefficient (Wildman–Crippen LogP) is 2.67. The number of carbonyl (C=O) groups excluding carboxylic acids is 1. The molecule has 0 unspecified atom stereocenters. The molecule has 1 heterocycles. The first-order valence-electron chi connectivity index (χ1n) is 8.38. The fourth-order valence-corrected chi connectivity index (χ4v) is 2.84. The molecule has 0 amide bonds. The first-order valence-corrected chi connectivity index (χ1v) is 8.38. The van der Waals surface area contributed by atoms with Crippen molar-refractivity contribution in [1.82, 2.24) is 10.2 Å². The molecule has 2 rings (SSSR count). The first kappa shape index (κ1) is 22.2. The van der Waals surface area contributed by atoms with Crippen molar-refractivity contribution in [2.75, 3.05) is 26.7 Å². The van der Waals surface area contributed by atoms with Gasteiger partial charge in [0.05, 0.1) is 31.2 Å². The van der Waals surface area contributed by atoms with Crippen molar-refractivity contribution in [3.05, 3.63) is 35.1 Å². The molecular weight excluding hydrogens is 450 g/mol. The highest BCUT2D eigenvalue weighted by Crippen LogP contribution is 2.19. The van der Waals surface area contributed by atoms with Gasteiger partial charge >= 0.3 is 5.97 Å². The fraction of sp³-hybridized carbons (Fsp3) is 0.500. The average Bonchev–Trinajstić information content (AvgIpc) is 2.65. The summed E-state index contributed by atoms with van der Waals surface area (Å²) in [5.41, 5.74) is 0.800. The summed E-state index contributed by atoms with van der Waals surface area (Å²) in [6.07, 6.45) is 1.41. The molecule has 0 saturated carbocycles. The molecule has 1 aliphatic heterocycles. The number of rotatable bonds is 4. The Morgan fingerprint density at radius 3 is 2.73 bits per heavy atom. The maximum absolute atomic E-state index is 13.9. The summed E-state index contributed by atoms with van der Waals surface area (Å²) in [4.78, 5) is 18.2. The lowest BCUT2D eigenvalue weighted by Gasteiger charge is -2.33. The van der Waals surface area contributed by atoms with E-state index in [4.69, 9.17) is 10.00 Å². The maximum Gasteiger partial charge on any atom is 0.308 e. The number of likely N-dealkylation sites (tertiary alicyclic amines) is 1. The number of benzene rings is 1. The van der Waals surface area contributed by atoms with Crippen molar-refractivity contribution in [2.24, 2.45) is 10.9 Å². The second kappa shape index (κ2) is 11.0. The minimum absolute atomic E-state index is 0. The molecule has 1 aliphatic rings. The summed E-state index contributed by atoms with van der Waals surface area (Å²) in [7, 11) is 1.41. The van der Waals surface area contributed by atoms with Gasteiger partial charge in [0.25, 0.3) is 0 Å². The average molecular weight is 474 g/mol. The second-order valence-corrected chi connectivity index (χ2v) is 5.87. The monoisotopic (exact) mass is 474 g/mol. The molecular formula is C18H24FIN4O2. The number of nitrogens with one attached hydrogen (secondary N) is 1. The number of ether oxygens (including phenoxy) is 1. The molecule has 6 nitrogen and oxygen atoms in total. The number of guanidine groups is 1. The number of carbonyl (C=O) groups is 1. The van der Waals surface area contributed by atoms with Crippen LogP contribution in [0.3, 0.4) is 0 Å². The zero-order valence-corrected chi connectivity index (χ0v) is 17.3. The van der Waals surface area contributed by atoms with Crippen LogP contribution in [0.1, 0.15) is 30.9 Å². The van der Waals surface area contributed by atoms with Gasteiger partial charge in [0, 0.05) is 25.2 Å². The van der Waals surface area contributed by atoms with Crippen LogP contribution in [0.2, 0.25) is 0 Å². The number of nitrogens with zero attached hydrogens (tertiary/aromatic N) is 3. The lowest BCUT2D eigenvalue weighted by Crippen LogP contribution is -2.46. The van der Waals surface area contributed by atoms with E-state index in [2.05, 4.69) is 15.2 Å². The molecule has 0 bridgehead atoms. The molecule has 0 radical (unpaired) electrons. The Kier molecular flexibility index (Phi) is 9.34. The quantitative estimate of drug-likeness (QED) is 0.314. The molecule has 1 saturated heterocycles. The smallest absolute Gasteiger partial charge is 0.308 e. The standard InChI is InChI=1S/C18H23FN4O2.HI/c1-3-21-18(23-8-6-14(7-9-23)17(24)25-2)22-12-15-10-13(11-20)4-5-16(15)19;/h4-5,10,14H,3,6-9,12H2,1-2H3,(H,21,22);1H. The van der Waals surface area contributed by atoms with E-state index in [-0.39, 0.29) is 48.2 Å². The van der Waals surface area contributed by atoms with Crippen LogP contribution in [0.4, 0.5) is 4.39 Å². The van der Waals surface area contributed by atoms with Crippen LogP contribution in [-0.2, 0) is 16.1 Å². The third kappa shape index (κ3) is 5.83. The van der Waals surface area contributed by atoms with Crippen LogP contribution in [0.25, 0.3) is 0 Å². The Bertz CT molecular complexity index is 682. The number of aliphatic imine (C=N–C) groups is 1. The van der Waals surface area contributed by atoms with E-state index >= 15 is 0 Å². The Morgan fingerprint density at radius 1 is 1.46 bits per heavy atom. The lowest BCUT2D eigenvalue weighted by atomic mass is 9.97. The van der Waals surface area contributed by atoms with Gasteiger partial charge in [-0.05, 0) is 38.0 Å². The Morgan fingerprint density at radius 2 is 2.15 bits per heavy atom. The van der Waals surface area contributed by atoms with E-state index in [1.54, 1.807) is 0 Å². The number of nitriles is 1. The summed E-state index contributed by atoms with van der Waals surface area (Å²) in [5.74, 6) is 0.0708. The van der Waals surface area contributed by atoms with Crippen LogP contribution >= 0.6 is 24.0 Å². The van der Waals surface area contributed by atoms with Crippen molar-refractivity contribution in [2.45, 2.75) is 26.3 Å². The minimum atomic E-state index is -0.372. The molecule has 0 spiro atoms. The van der Waals surface area contributed by atoms with Gasteiger partial charge in [0.15, 0.2) is 5.96 Å². The number of hydrogen-bond donors (Lipinski definition) is 1. The third-order valence-electron chi connectivity index (χ3n) is 4.24. The highest BCUT2D eigenvalue weighted by Gasteiger charge is 2.26. The minimum Gasteiger partial charge on any atom is -0.469 e. The van der Waals surface area contributed by atoms with E-state index in [0.717, 1.165) is 0 Å². The van der Waals surface area contributed by atoms with Gasteiger partial charge in [-0.1, -0.05) is 0 Å². The van der Waals surface area contributed by atoms with Crippen LogP contribution in [0, 0.1) is 23.1 Å². The van der Waals surface area contributed by atoms with Crippen molar-refractivity contribution < 1.29 is 13.9 Å². The number of hydrogen-bond acceptors (Lipinski definition) is 4. The van der Waals surface area contributed by atoms with E-state index < -0.39 is 0 Å². The maximum atomic E-state index is 13.9. The van der Waals surface area contributed by atoms with Crippen LogP contribution < -0.4 is 5.32 Å². The van der Waals surface area contributed by atoms with Crippen molar-refractivity contribution in [1.29, 1.82) is 5.26 Å². The molecule has 1 aromatic carbocycles. The number of esters is 1. The van der Waals surface area contributed by atoms with Gasteiger partial charge in [0.1, 0.15) is 5.82 Å². The van der Waals surface area contributed by atoms with Gasteiger partial charge in [-0.25, -0.2) is 9.38 Å². The second-order valence-electron chi connectivity index (χ2n) is 5.87. The molecule has 0 atom stereocenters. The molecule has 0 aromatic heterocycles. The molecule has 1 fully saturated rings. The summed E-state index contributed by atoms with van der Waals surface area (Å²) in [6, 6.07) is 6.27. The fourth-order valence-electron chi connectivity index (χ4n) is 2.84. The summed E-state index contributed by atoms with van der Waals surface area (Å²) >= 11 is 0. The molecule has 26 heavy (non-hydrogen) atoms. The van der Waals surface area contributed by atoms with Crippen molar-refractivity contribution in [3.8, 4) is 6.07 Å². The molecule has 1 N–H and O–H groups in total. The summed E-state index contributed by atoms with van der Waals surface area (Å²) in [5, 5.41) is 12.1. The van der Waals surface area contributed by atoms with Gasteiger partial charge in [-0.2, -0.15) is 5.26 Å². The topological polar surface area (TPSA) is 77.7 Å². The largest absolute Gasteiger partial charge is 0.469 e. The van der Waals surface area contributed by atoms with Crippen LogP contribution in [0.5, 0.6) is 0 Å². The lowest BCUT2D eigenvalue weighted by molar-refractivity contribution is -0.146. The first-order chi connectivity index (χ1) is 12.1.